The lowest BCUT2D eigenvalue weighted by atomic mass is 9.91. The molecule has 2 heterocycles. The molecule has 1 aromatic rings. The number of nitrogens with zero attached hydrogens (tertiary/aromatic N) is 4. The summed E-state index contributed by atoms with van der Waals surface area (Å²) in [6, 6.07) is 0.574. The molecule has 1 fully saturated rings. The zero-order valence-corrected chi connectivity index (χ0v) is 12.8. The highest BCUT2D eigenvalue weighted by Crippen LogP contribution is 2.21. The van der Waals surface area contributed by atoms with E-state index in [0.29, 0.717) is 18.3 Å². The van der Waals surface area contributed by atoms with Crippen LogP contribution < -0.4 is 4.90 Å². The van der Waals surface area contributed by atoms with E-state index in [-0.39, 0.29) is 11.3 Å². The van der Waals surface area contributed by atoms with Gasteiger partial charge in [-0.2, -0.15) is 0 Å². The standard InChI is InChI=1S/C14H24N4O2/c1-5-11-15-16-13(20-11)18-8-6-17(7-9-18)12(19)10-14(2,3)4/h5-10H2,1-4H3. The van der Waals surface area contributed by atoms with E-state index >= 15 is 0 Å². The number of piperazine rings is 1. The molecule has 112 valence electrons. The summed E-state index contributed by atoms with van der Waals surface area (Å²) in [4.78, 5) is 16.1. The van der Waals surface area contributed by atoms with Gasteiger partial charge in [0.15, 0.2) is 0 Å². The average Bonchev–Trinajstić information content (AvgIpc) is 2.85. The van der Waals surface area contributed by atoms with E-state index < -0.39 is 0 Å². The van der Waals surface area contributed by atoms with Gasteiger partial charge >= 0.3 is 6.01 Å². The third-order valence-corrected chi connectivity index (χ3v) is 3.34. The molecule has 1 aliphatic rings. The van der Waals surface area contributed by atoms with Gasteiger partial charge in [-0.05, 0) is 5.41 Å². The zero-order chi connectivity index (χ0) is 14.8. The summed E-state index contributed by atoms with van der Waals surface area (Å²) in [5, 5.41) is 8.02. The summed E-state index contributed by atoms with van der Waals surface area (Å²) in [5.41, 5.74) is 0.0384. The Balaban J connectivity index is 1.87. The van der Waals surface area contributed by atoms with Crippen molar-refractivity contribution in [3.05, 3.63) is 5.89 Å². The highest BCUT2D eigenvalue weighted by atomic mass is 16.4. The minimum atomic E-state index is 0.0384. The number of aromatic nitrogens is 2. The Labute approximate surface area is 120 Å². The fraction of sp³-hybridized carbons (Fsp3) is 0.786. The second-order valence-electron chi connectivity index (χ2n) is 6.44. The predicted molar refractivity (Wildman–Crippen MR) is 76.5 cm³/mol. The molecule has 1 aromatic heterocycles. The fourth-order valence-electron chi connectivity index (χ4n) is 2.23. The molecule has 1 saturated heterocycles. The van der Waals surface area contributed by atoms with Crippen molar-refractivity contribution in [2.45, 2.75) is 40.5 Å². The van der Waals surface area contributed by atoms with Gasteiger partial charge in [-0.1, -0.05) is 32.8 Å². The Morgan fingerprint density at radius 2 is 1.85 bits per heavy atom. The number of carbonyl (C=O) groups excluding carboxylic acids is 1. The van der Waals surface area contributed by atoms with E-state index in [0.717, 1.165) is 32.6 Å². The van der Waals surface area contributed by atoms with E-state index in [9.17, 15) is 4.79 Å². The van der Waals surface area contributed by atoms with Crippen molar-refractivity contribution in [1.82, 2.24) is 15.1 Å². The molecule has 1 aliphatic heterocycles. The van der Waals surface area contributed by atoms with Crippen molar-refractivity contribution in [3.63, 3.8) is 0 Å². The summed E-state index contributed by atoms with van der Waals surface area (Å²) in [7, 11) is 0. The predicted octanol–water partition coefficient (Wildman–Crippen LogP) is 1.72. The summed E-state index contributed by atoms with van der Waals surface area (Å²) < 4.78 is 5.55. The van der Waals surface area contributed by atoms with Crippen molar-refractivity contribution in [2.24, 2.45) is 5.41 Å². The van der Waals surface area contributed by atoms with Crippen LogP contribution in [0.15, 0.2) is 4.42 Å². The molecule has 0 spiro atoms. The molecule has 2 rings (SSSR count). The van der Waals surface area contributed by atoms with Gasteiger partial charge in [-0.3, -0.25) is 4.79 Å². The molecular formula is C14H24N4O2. The maximum atomic E-state index is 12.2. The topological polar surface area (TPSA) is 62.5 Å². The first-order valence-corrected chi connectivity index (χ1v) is 7.24. The van der Waals surface area contributed by atoms with E-state index in [1.54, 1.807) is 0 Å². The number of aryl methyl sites for hydroxylation is 1. The summed E-state index contributed by atoms with van der Waals surface area (Å²) in [6.45, 7) is 11.2. The van der Waals surface area contributed by atoms with Crippen LogP contribution in [0.1, 0.15) is 40.0 Å². The van der Waals surface area contributed by atoms with Crippen molar-refractivity contribution in [3.8, 4) is 0 Å². The summed E-state index contributed by atoms with van der Waals surface area (Å²) >= 11 is 0. The second kappa shape index (κ2) is 5.81. The van der Waals surface area contributed by atoms with Gasteiger partial charge in [0.05, 0.1) is 0 Å². The molecule has 0 unspecified atom stereocenters. The molecule has 0 atom stereocenters. The van der Waals surface area contributed by atoms with Crippen LogP contribution in [0.5, 0.6) is 0 Å². The van der Waals surface area contributed by atoms with E-state index in [2.05, 4.69) is 31.0 Å². The molecule has 0 saturated carbocycles. The van der Waals surface area contributed by atoms with Crippen LogP contribution in [0.25, 0.3) is 0 Å². The maximum absolute atomic E-state index is 12.2. The SMILES string of the molecule is CCc1nnc(N2CCN(C(=O)CC(C)(C)C)CC2)o1. The number of carbonyl (C=O) groups is 1. The largest absolute Gasteiger partial charge is 0.408 e. The number of amides is 1. The lowest BCUT2D eigenvalue weighted by molar-refractivity contribution is -0.133. The monoisotopic (exact) mass is 280 g/mol. The minimum absolute atomic E-state index is 0.0384. The molecule has 20 heavy (non-hydrogen) atoms. The quantitative estimate of drug-likeness (QED) is 0.843. The Morgan fingerprint density at radius 3 is 2.35 bits per heavy atom. The van der Waals surface area contributed by atoms with Crippen molar-refractivity contribution in [1.29, 1.82) is 0 Å². The van der Waals surface area contributed by atoms with Crippen LogP contribution in [-0.2, 0) is 11.2 Å². The number of hydrogen-bond acceptors (Lipinski definition) is 5. The first-order valence-electron chi connectivity index (χ1n) is 7.24. The van der Waals surface area contributed by atoms with Gasteiger partial charge in [0.2, 0.25) is 11.8 Å². The number of rotatable bonds is 3. The van der Waals surface area contributed by atoms with Crippen molar-refractivity contribution < 1.29 is 9.21 Å². The summed E-state index contributed by atoms with van der Waals surface area (Å²) in [6.07, 6.45) is 1.34. The zero-order valence-electron chi connectivity index (χ0n) is 12.8. The van der Waals surface area contributed by atoms with Crippen LogP contribution in [0.3, 0.4) is 0 Å². The third-order valence-electron chi connectivity index (χ3n) is 3.34. The van der Waals surface area contributed by atoms with Crippen LogP contribution in [0, 0.1) is 5.41 Å². The van der Waals surface area contributed by atoms with Crippen LogP contribution in [0.2, 0.25) is 0 Å². The van der Waals surface area contributed by atoms with Crippen LogP contribution in [0.4, 0.5) is 6.01 Å². The first-order chi connectivity index (χ1) is 9.39. The Hall–Kier alpha value is -1.59. The van der Waals surface area contributed by atoms with Crippen LogP contribution >= 0.6 is 0 Å². The highest BCUT2D eigenvalue weighted by molar-refractivity contribution is 5.77. The molecule has 6 heteroatoms. The minimum Gasteiger partial charge on any atom is -0.408 e. The Bertz CT molecular complexity index is 456. The second-order valence-corrected chi connectivity index (χ2v) is 6.44. The van der Waals surface area contributed by atoms with Crippen molar-refractivity contribution >= 4 is 11.9 Å². The van der Waals surface area contributed by atoms with Gasteiger partial charge in [-0.15, -0.1) is 5.10 Å². The van der Waals surface area contributed by atoms with E-state index in [1.165, 1.54) is 0 Å². The highest BCUT2D eigenvalue weighted by Gasteiger charge is 2.26. The number of hydrogen-bond donors (Lipinski definition) is 0. The Morgan fingerprint density at radius 1 is 1.20 bits per heavy atom. The van der Waals surface area contributed by atoms with Gasteiger partial charge in [0.1, 0.15) is 0 Å². The molecule has 1 amide bonds. The van der Waals surface area contributed by atoms with Gasteiger partial charge in [-0.25, -0.2) is 0 Å². The molecule has 0 bridgehead atoms. The van der Waals surface area contributed by atoms with E-state index in [4.69, 9.17) is 4.42 Å². The normalized spacial score (nSPS) is 16.6. The molecule has 0 N–H and O–H groups in total. The smallest absolute Gasteiger partial charge is 0.318 e. The average molecular weight is 280 g/mol. The summed E-state index contributed by atoms with van der Waals surface area (Å²) in [5.74, 6) is 0.892. The first kappa shape index (κ1) is 14.8. The maximum Gasteiger partial charge on any atom is 0.318 e. The molecule has 0 radical (unpaired) electrons. The van der Waals surface area contributed by atoms with E-state index in [1.807, 2.05) is 16.7 Å². The molecule has 0 aromatic carbocycles. The fourth-order valence-corrected chi connectivity index (χ4v) is 2.23. The molecular weight excluding hydrogens is 256 g/mol. The lowest BCUT2D eigenvalue weighted by Crippen LogP contribution is -2.49. The van der Waals surface area contributed by atoms with Gasteiger partial charge < -0.3 is 14.2 Å². The third kappa shape index (κ3) is 3.71. The number of anilines is 1. The molecule has 6 nitrogen and oxygen atoms in total. The lowest BCUT2D eigenvalue weighted by Gasteiger charge is -2.35. The van der Waals surface area contributed by atoms with Crippen LogP contribution in [-0.4, -0.2) is 47.2 Å². The Kier molecular flexibility index (Phi) is 4.30. The van der Waals surface area contributed by atoms with Crippen molar-refractivity contribution in [2.75, 3.05) is 31.1 Å². The van der Waals surface area contributed by atoms with Gasteiger partial charge in [0.25, 0.3) is 0 Å². The molecule has 0 aliphatic carbocycles. The van der Waals surface area contributed by atoms with Gasteiger partial charge in [0, 0.05) is 39.0 Å².